The molecule has 0 amide bonds. The van der Waals surface area contributed by atoms with E-state index in [9.17, 15) is 0 Å². The topological polar surface area (TPSA) is 17.8 Å². The summed E-state index contributed by atoms with van der Waals surface area (Å²) in [6.45, 7) is 3.08. The summed E-state index contributed by atoms with van der Waals surface area (Å²) in [6, 6.07) is 6.15. The van der Waals surface area contributed by atoms with Crippen molar-refractivity contribution in [1.29, 1.82) is 0 Å². The van der Waals surface area contributed by atoms with Crippen molar-refractivity contribution in [2.75, 3.05) is 0 Å². The van der Waals surface area contributed by atoms with Gasteiger partial charge in [0.15, 0.2) is 0 Å². The Morgan fingerprint density at radius 2 is 2.23 bits per heavy atom. The molecule has 0 radical (unpaired) electrons. The molecule has 0 bridgehead atoms. The largest absolute Gasteiger partial charge is 0.331 e. The molecular weight excluding hydrogens is 251 g/mol. The van der Waals surface area contributed by atoms with E-state index in [4.69, 9.17) is 0 Å². The zero-order valence-electron chi connectivity index (χ0n) is 7.20. The summed E-state index contributed by atoms with van der Waals surface area (Å²) in [6.07, 6.45) is 1.87. The first-order valence-corrected chi connectivity index (χ1v) is 4.71. The predicted octanol–water partition coefficient (Wildman–Crippen LogP) is 3.24. The maximum absolute atomic E-state index is 4.28. The van der Waals surface area contributed by atoms with Crippen molar-refractivity contribution in [2.45, 2.75) is 13.5 Å². The SMILES string of the molecule is CCn1cnc2cc(Br)ccc21.Cl. The third-order valence-corrected chi connectivity index (χ3v) is 2.42. The average Bonchev–Trinajstić information content (AvgIpc) is 2.46. The lowest BCUT2D eigenvalue weighted by molar-refractivity contribution is 0.787. The van der Waals surface area contributed by atoms with Crippen LogP contribution in [0.25, 0.3) is 11.0 Å². The summed E-state index contributed by atoms with van der Waals surface area (Å²) in [5.74, 6) is 0. The molecule has 0 saturated heterocycles. The van der Waals surface area contributed by atoms with Crippen molar-refractivity contribution in [1.82, 2.24) is 9.55 Å². The molecule has 2 aromatic rings. The smallest absolute Gasteiger partial charge is 0.0958 e. The van der Waals surface area contributed by atoms with Gasteiger partial charge in [0.2, 0.25) is 0 Å². The number of aromatic nitrogens is 2. The third-order valence-electron chi connectivity index (χ3n) is 1.92. The fourth-order valence-electron chi connectivity index (χ4n) is 1.29. The van der Waals surface area contributed by atoms with E-state index in [1.54, 1.807) is 0 Å². The summed E-state index contributed by atoms with van der Waals surface area (Å²) in [5, 5.41) is 0. The number of imidazole rings is 1. The number of benzene rings is 1. The Bertz CT molecular complexity index is 411. The molecule has 13 heavy (non-hydrogen) atoms. The zero-order chi connectivity index (χ0) is 8.55. The molecule has 4 heteroatoms. The van der Waals surface area contributed by atoms with Crippen molar-refractivity contribution in [3.8, 4) is 0 Å². The van der Waals surface area contributed by atoms with Crippen LogP contribution in [0, 0.1) is 0 Å². The number of nitrogens with zero attached hydrogens (tertiary/aromatic N) is 2. The van der Waals surface area contributed by atoms with E-state index in [-0.39, 0.29) is 12.4 Å². The molecular formula is C9H10BrClN2. The lowest BCUT2D eigenvalue weighted by atomic mass is 10.3. The van der Waals surface area contributed by atoms with Crippen molar-refractivity contribution < 1.29 is 0 Å². The summed E-state index contributed by atoms with van der Waals surface area (Å²) in [4.78, 5) is 4.28. The molecule has 0 aliphatic heterocycles. The second-order valence-electron chi connectivity index (χ2n) is 2.66. The predicted molar refractivity (Wildman–Crippen MR) is 60.4 cm³/mol. The number of rotatable bonds is 1. The molecule has 0 unspecified atom stereocenters. The molecule has 70 valence electrons. The van der Waals surface area contributed by atoms with Crippen LogP contribution in [0.15, 0.2) is 29.0 Å². The number of fused-ring (bicyclic) bond motifs is 1. The van der Waals surface area contributed by atoms with Crippen LogP contribution in [-0.4, -0.2) is 9.55 Å². The van der Waals surface area contributed by atoms with Crippen LogP contribution in [-0.2, 0) is 6.54 Å². The Morgan fingerprint density at radius 3 is 2.92 bits per heavy atom. The quantitative estimate of drug-likeness (QED) is 0.770. The Labute approximate surface area is 91.5 Å². The Hall–Kier alpha value is -0.540. The van der Waals surface area contributed by atoms with Gasteiger partial charge in [-0.15, -0.1) is 12.4 Å². The van der Waals surface area contributed by atoms with E-state index in [1.807, 2.05) is 18.5 Å². The molecule has 0 saturated carbocycles. The summed E-state index contributed by atoms with van der Waals surface area (Å²) in [7, 11) is 0. The molecule has 1 aromatic heterocycles. The highest BCUT2D eigenvalue weighted by atomic mass is 79.9. The van der Waals surface area contributed by atoms with Crippen LogP contribution >= 0.6 is 28.3 Å². The number of halogens is 2. The van der Waals surface area contributed by atoms with Crippen LogP contribution in [0.4, 0.5) is 0 Å². The molecule has 0 spiro atoms. The van der Waals surface area contributed by atoms with Gasteiger partial charge in [-0.2, -0.15) is 0 Å². The molecule has 0 aliphatic carbocycles. The van der Waals surface area contributed by atoms with Gasteiger partial charge in [0.05, 0.1) is 17.4 Å². The first-order chi connectivity index (χ1) is 5.81. The fourth-order valence-corrected chi connectivity index (χ4v) is 1.64. The van der Waals surface area contributed by atoms with E-state index in [2.05, 4.69) is 38.5 Å². The van der Waals surface area contributed by atoms with Crippen LogP contribution in [0.5, 0.6) is 0 Å². The van der Waals surface area contributed by atoms with Gasteiger partial charge >= 0.3 is 0 Å². The van der Waals surface area contributed by atoms with Gasteiger partial charge in [-0.25, -0.2) is 4.98 Å². The average molecular weight is 262 g/mol. The lowest BCUT2D eigenvalue weighted by Crippen LogP contribution is -1.89. The second-order valence-corrected chi connectivity index (χ2v) is 3.58. The molecule has 0 atom stereocenters. The molecule has 0 N–H and O–H groups in total. The van der Waals surface area contributed by atoms with Crippen LogP contribution in [0.3, 0.4) is 0 Å². The van der Waals surface area contributed by atoms with Gasteiger partial charge in [0, 0.05) is 11.0 Å². The molecule has 1 heterocycles. The summed E-state index contributed by atoms with van der Waals surface area (Å²) < 4.78 is 3.21. The number of hydrogen-bond acceptors (Lipinski definition) is 1. The monoisotopic (exact) mass is 260 g/mol. The first kappa shape index (κ1) is 10.5. The molecule has 1 aromatic carbocycles. The molecule has 2 rings (SSSR count). The summed E-state index contributed by atoms with van der Waals surface area (Å²) >= 11 is 3.41. The van der Waals surface area contributed by atoms with E-state index in [1.165, 1.54) is 5.52 Å². The maximum atomic E-state index is 4.28. The minimum absolute atomic E-state index is 0. The summed E-state index contributed by atoms with van der Waals surface area (Å²) in [5.41, 5.74) is 2.24. The van der Waals surface area contributed by atoms with E-state index in [0.29, 0.717) is 0 Å². The van der Waals surface area contributed by atoms with E-state index in [0.717, 1.165) is 16.5 Å². The third kappa shape index (κ3) is 1.86. The molecule has 0 aliphatic rings. The minimum atomic E-state index is 0. The van der Waals surface area contributed by atoms with Crippen molar-refractivity contribution >= 4 is 39.4 Å². The van der Waals surface area contributed by atoms with Gasteiger partial charge in [-0.05, 0) is 25.1 Å². The Morgan fingerprint density at radius 1 is 1.46 bits per heavy atom. The maximum Gasteiger partial charge on any atom is 0.0958 e. The highest BCUT2D eigenvalue weighted by molar-refractivity contribution is 9.10. The number of aryl methyl sites for hydroxylation is 1. The van der Waals surface area contributed by atoms with Gasteiger partial charge in [0.25, 0.3) is 0 Å². The Kier molecular flexibility index (Phi) is 3.33. The minimum Gasteiger partial charge on any atom is -0.331 e. The van der Waals surface area contributed by atoms with Crippen molar-refractivity contribution in [3.05, 3.63) is 29.0 Å². The standard InChI is InChI=1S/C9H9BrN2.ClH/c1-2-12-6-11-8-5-7(10)3-4-9(8)12;/h3-6H,2H2,1H3;1H. The lowest BCUT2D eigenvalue weighted by Gasteiger charge is -1.97. The van der Waals surface area contributed by atoms with E-state index < -0.39 is 0 Å². The van der Waals surface area contributed by atoms with Crippen LogP contribution in [0.1, 0.15) is 6.92 Å². The van der Waals surface area contributed by atoms with Crippen LogP contribution in [0.2, 0.25) is 0 Å². The normalized spacial score (nSPS) is 10.0. The molecule has 2 nitrogen and oxygen atoms in total. The first-order valence-electron chi connectivity index (χ1n) is 3.91. The fraction of sp³-hybridized carbons (Fsp3) is 0.222. The zero-order valence-corrected chi connectivity index (χ0v) is 9.60. The number of hydrogen-bond donors (Lipinski definition) is 0. The van der Waals surface area contributed by atoms with Gasteiger partial charge in [-0.1, -0.05) is 15.9 Å². The van der Waals surface area contributed by atoms with Gasteiger partial charge in [-0.3, -0.25) is 0 Å². The van der Waals surface area contributed by atoms with Crippen molar-refractivity contribution in [3.63, 3.8) is 0 Å². The van der Waals surface area contributed by atoms with Gasteiger partial charge < -0.3 is 4.57 Å². The highest BCUT2D eigenvalue weighted by Crippen LogP contribution is 2.18. The highest BCUT2D eigenvalue weighted by Gasteiger charge is 1.99. The van der Waals surface area contributed by atoms with Crippen LogP contribution < -0.4 is 0 Å². The van der Waals surface area contributed by atoms with Crippen molar-refractivity contribution in [2.24, 2.45) is 0 Å². The van der Waals surface area contributed by atoms with E-state index >= 15 is 0 Å². The Balaban J connectivity index is 0.000000845. The second kappa shape index (κ2) is 4.11. The molecule has 0 fully saturated rings. The van der Waals surface area contributed by atoms with Gasteiger partial charge in [0.1, 0.15) is 0 Å².